The van der Waals surface area contributed by atoms with Crippen LogP contribution in [-0.2, 0) is 9.63 Å². The van der Waals surface area contributed by atoms with Crippen LogP contribution in [0.5, 0.6) is 0 Å². The molecule has 1 N–H and O–H groups in total. The largest absolute Gasteiger partial charge is 0.417 e. The van der Waals surface area contributed by atoms with E-state index in [2.05, 4.69) is 9.74 Å². The van der Waals surface area contributed by atoms with Gasteiger partial charge >= 0.3 is 6.18 Å². The van der Waals surface area contributed by atoms with Gasteiger partial charge in [-0.2, -0.15) is 13.2 Å². The van der Waals surface area contributed by atoms with Crippen LogP contribution in [0.3, 0.4) is 0 Å². The van der Waals surface area contributed by atoms with E-state index in [0.29, 0.717) is 0 Å². The molecule has 1 atom stereocenters. The second-order valence-corrected chi connectivity index (χ2v) is 5.01. The third kappa shape index (κ3) is 5.78. The second-order valence-electron chi connectivity index (χ2n) is 5.01. The van der Waals surface area contributed by atoms with Crippen LogP contribution in [0.4, 0.5) is 13.2 Å². The van der Waals surface area contributed by atoms with Gasteiger partial charge in [0.2, 0.25) is 5.91 Å². The minimum atomic E-state index is -4.45. The first kappa shape index (κ1) is 16.2. The van der Waals surface area contributed by atoms with Crippen LogP contribution < -0.4 is 5.48 Å². The number of carbonyl (C=O) groups excluding carboxylic acids is 1. The normalized spacial score (nSPS) is 20.3. The van der Waals surface area contributed by atoms with E-state index < -0.39 is 18.2 Å². The molecule has 1 amide bonds. The highest BCUT2D eigenvalue weighted by Gasteiger charge is 2.43. The van der Waals surface area contributed by atoms with Gasteiger partial charge in [-0.15, -0.1) is 0 Å². The molecule has 0 aromatic carbocycles. The molecule has 4 nitrogen and oxygen atoms in total. The van der Waals surface area contributed by atoms with E-state index in [4.69, 9.17) is 0 Å². The number of nitrogens with one attached hydrogen (secondary N) is 1. The summed E-state index contributed by atoms with van der Waals surface area (Å²) in [7, 11) is 1.95. The second kappa shape index (κ2) is 7.09. The van der Waals surface area contributed by atoms with Crippen LogP contribution in [0.15, 0.2) is 0 Å². The summed E-state index contributed by atoms with van der Waals surface area (Å²) < 4.78 is 38.5. The van der Waals surface area contributed by atoms with Crippen LogP contribution in [0.2, 0.25) is 0 Å². The molecule has 1 rings (SSSR count). The Hall–Kier alpha value is -0.820. The molecule has 112 valence electrons. The Morgan fingerprint density at radius 1 is 1.42 bits per heavy atom. The summed E-state index contributed by atoms with van der Waals surface area (Å²) in [6.45, 7) is 3.16. The Kier molecular flexibility index (Phi) is 6.06. The van der Waals surface area contributed by atoms with Crippen molar-refractivity contribution in [3.8, 4) is 0 Å². The van der Waals surface area contributed by atoms with E-state index in [1.54, 1.807) is 6.92 Å². The predicted molar refractivity (Wildman–Crippen MR) is 64.2 cm³/mol. The Balaban J connectivity index is 2.48. The first-order chi connectivity index (χ1) is 8.82. The number of halogens is 3. The average molecular weight is 282 g/mol. The highest BCUT2D eigenvalue weighted by Crippen LogP contribution is 2.31. The topological polar surface area (TPSA) is 41.6 Å². The zero-order valence-corrected chi connectivity index (χ0v) is 11.3. The van der Waals surface area contributed by atoms with Crippen molar-refractivity contribution in [1.82, 2.24) is 10.4 Å². The summed E-state index contributed by atoms with van der Waals surface area (Å²) in [4.78, 5) is 17.6. The lowest BCUT2D eigenvalue weighted by Gasteiger charge is -2.31. The number of hydroxylamine groups is 1. The van der Waals surface area contributed by atoms with Gasteiger partial charge < -0.3 is 4.90 Å². The number of hydrogen-bond acceptors (Lipinski definition) is 3. The lowest BCUT2D eigenvalue weighted by atomic mass is 9.91. The standard InChI is InChI=1S/C12H21F3N2O2/c1-3-11(18)16-19-10(12(13,14)15)8-9-4-6-17(2)7-5-9/h9-10H,3-8H2,1-2H3,(H,16,18). The van der Waals surface area contributed by atoms with Gasteiger partial charge in [-0.25, -0.2) is 5.48 Å². The van der Waals surface area contributed by atoms with Gasteiger partial charge in [0.25, 0.3) is 0 Å². The lowest BCUT2D eigenvalue weighted by molar-refractivity contribution is -0.242. The summed E-state index contributed by atoms with van der Waals surface area (Å²) in [6, 6.07) is 0. The quantitative estimate of drug-likeness (QED) is 0.785. The first-order valence-corrected chi connectivity index (χ1v) is 6.52. The molecule has 1 fully saturated rings. The van der Waals surface area contributed by atoms with E-state index in [0.717, 1.165) is 25.9 Å². The Morgan fingerprint density at radius 3 is 2.47 bits per heavy atom. The minimum Gasteiger partial charge on any atom is -0.306 e. The van der Waals surface area contributed by atoms with E-state index in [-0.39, 0.29) is 18.8 Å². The Morgan fingerprint density at radius 2 is 2.00 bits per heavy atom. The van der Waals surface area contributed by atoms with Crippen molar-refractivity contribution in [2.75, 3.05) is 20.1 Å². The number of carbonyl (C=O) groups is 1. The van der Waals surface area contributed by atoms with Gasteiger partial charge in [0, 0.05) is 6.42 Å². The SMILES string of the molecule is CCC(=O)NOC(CC1CCN(C)CC1)C(F)(F)F. The molecule has 0 spiro atoms. The molecule has 0 aromatic heterocycles. The van der Waals surface area contributed by atoms with E-state index >= 15 is 0 Å². The summed E-state index contributed by atoms with van der Waals surface area (Å²) >= 11 is 0. The molecule has 7 heteroatoms. The summed E-state index contributed by atoms with van der Waals surface area (Å²) in [6.07, 6.45) is -4.91. The highest BCUT2D eigenvalue weighted by atomic mass is 19.4. The monoisotopic (exact) mass is 282 g/mol. The third-order valence-corrected chi connectivity index (χ3v) is 3.39. The number of nitrogens with zero attached hydrogens (tertiary/aromatic N) is 1. The van der Waals surface area contributed by atoms with E-state index in [1.165, 1.54) is 0 Å². The van der Waals surface area contributed by atoms with Crippen molar-refractivity contribution in [2.45, 2.75) is 44.9 Å². The fourth-order valence-corrected chi connectivity index (χ4v) is 2.06. The molecule has 1 unspecified atom stereocenters. The number of alkyl halides is 3. The van der Waals surface area contributed by atoms with Crippen molar-refractivity contribution in [3.05, 3.63) is 0 Å². The molecule has 0 bridgehead atoms. The molecular formula is C12H21F3N2O2. The van der Waals surface area contributed by atoms with Crippen molar-refractivity contribution in [3.63, 3.8) is 0 Å². The van der Waals surface area contributed by atoms with Crippen molar-refractivity contribution in [2.24, 2.45) is 5.92 Å². The van der Waals surface area contributed by atoms with Gasteiger partial charge in [0.15, 0.2) is 6.10 Å². The zero-order valence-electron chi connectivity index (χ0n) is 11.3. The average Bonchev–Trinajstić information content (AvgIpc) is 2.34. The van der Waals surface area contributed by atoms with Crippen LogP contribution in [0.25, 0.3) is 0 Å². The summed E-state index contributed by atoms with van der Waals surface area (Å²) in [5, 5.41) is 0. The fourth-order valence-electron chi connectivity index (χ4n) is 2.06. The number of amides is 1. The molecule has 1 saturated heterocycles. The Labute approximate surface area is 111 Å². The molecule has 19 heavy (non-hydrogen) atoms. The van der Waals surface area contributed by atoms with Crippen molar-refractivity contribution in [1.29, 1.82) is 0 Å². The summed E-state index contributed by atoms with van der Waals surface area (Å²) in [5.74, 6) is -0.556. The minimum absolute atomic E-state index is 0.0126. The smallest absolute Gasteiger partial charge is 0.306 e. The Bertz CT molecular complexity index is 289. The van der Waals surface area contributed by atoms with Gasteiger partial charge in [-0.3, -0.25) is 9.63 Å². The molecule has 1 heterocycles. The van der Waals surface area contributed by atoms with Gasteiger partial charge in [0.05, 0.1) is 0 Å². The van der Waals surface area contributed by atoms with Crippen molar-refractivity contribution < 1.29 is 22.8 Å². The maximum absolute atomic E-state index is 12.8. The number of likely N-dealkylation sites (tertiary alicyclic amines) is 1. The molecule has 1 aliphatic rings. The fraction of sp³-hybridized carbons (Fsp3) is 0.917. The van der Waals surface area contributed by atoms with Crippen LogP contribution in [0, 0.1) is 5.92 Å². The number of piperidine rings is 1. The number of rotatable bonds is 5. The number of hydrogen-bond donors (Lipinski definition) is 1. The molecular weight excluding hydrogens is 261 g/mol. The van der Waals surface area contributed by atoms with Crippen LogP contribution in [-0.4, -0.2) is 43.2 Å². The third-order valence-electron chi connectivity index (χ3n) is 3.39. The highest BCUT2D eigenvalue weighted by molar-refractivity contribution is 5.74. The molecule has 0 aromatic rings. The van der Waals surface area contributed by atoms with E-state index in [1.807, 2.05) is 12.5 Å². The van der Waals surface area contributed by atoms with Crippen molar-refractivity contribution >= 4 is 5.91 Å². The molecule has 0 saturated carbocycles. The molecule has 1 aliphatic heterocycles. The van der Waals surface area contributed by atoms with Gasteiger partial charge in [0.1, 0.15) is 0 Å². The summed E-state index contributed by atoms with van der Waals surface area (Å²) in [5.41, 5.74) is 1.87. The van der Waals surface area contributed by atoms with Crippen LogP contribution >= 0.6 is 0 Å². The lowest BCUT2D eigenvalue weighted by Crippen LogP contribution is -2.41. The van der Waals surface area contributed by atoms with Gasteiger partial charge in [-0.05, 0) is 45.3 Å². The predicted octanol–water partition coefficient (Wildman–Crippen LogP) is 2.11. The first-order valence-electron chi connectivity index (χ1n) is 6.52. The molecule has 0 radical (unpaired) electrons. The maximum Gasteiger partial charge on any atom is 0.417 e. The zero-order chi connectivity index (χ0) is 14.5. The van der Waals surface area contributed by atoms with Crippen LogP contribution in [0.1, 0.15) is 32.6 Å². The van der Waals surface area contributed by atoms with Gasteiger partial charge in [-0.1, -0.05) is 6.92 Å². The maximum atomic E-state index is 12.8. The van der Waals surface area contributed by atoms with E-state index in [9.17, 15) is 18.0 Å². The molecule has 0 aliphatic carbocycles.